The molecular weight excluding hydrogens is 454 g/mol. The number of hydrogen-bond acceptors (Lipinski definition) is 7. The van der Waals surface area contributed by atoms with Crippen LogP contribution in [0.15, 0.2) is 36.7 Å². The van der Waals surface area contributed by atoms with E-state index in [9.17, 15) is 17.6 Å². The minimum absolute atomic E-state index is 0.0166. The zero-order chi connectivity index (χ0) is 23.9. The third kappa shape index (κ3) is 4.90. The van der Waals surface area contributed by atoms with E-state index in [1.165, 1.54) is 18.2 Å². The summed E-state index contributed by atoms with van der Waals surface area (Å²) in [6.07, 6.45) is -1.00. The molecule has 0 amide bonds. The average Bonchev–Trinajstić information content (AvgIpc) is 3.21. The molecule has 2 bridgehead atoms. The van der Waals surface area contributed by atoms with Crippen LogP contribution in [0.5, 0.6) is 11.8 Å². The van der Waals surface area contributed by atoms with Gasteiger partial charge in [0, 0.05) is 37.0 Å². The van der Waals surface area contributed by atoms with Crippen molar-refractivity contribution in [2.45, 2.75) is 38.5 Å². The summed E-state index contributed by atoms with van der Waals surface area (Å²) in [5.74, 6) is 0.924. The van der Waals surface area contributed by atoms with Gasteiger partial charge in [-0.1, -0.05) is 6.07 Å². The maximum absolute atomic E-state index is 13.5. The molecule has 5 rings (SSSR count). The number of aromatic nitrogens is 5. The van der Waals surface area contributed by atoms with Crippen molar-refractivity contribution in [3.63, 3.8) is 0 Å². The van der Waals surface area contributed by atoms with E-state index in [-0.39, 0.29) is 35.6 Å². The van der Waals surface area contributed by atoms with Crippen LogP contribution in [0.3, 0.4) is 0 Å². The molecule has 1 saturated heterocycles. The van der Waals surface area contributed by atoms with Gasteiger partial charge in [0.15, 0.2) is 0 Å². The van der Waals surface area contributed by atoms with Gasteiger partial charge in [0.2, 0.25) is 5.95 Å². The number of piperidine rings is 1. The summed E-state index contributed by atoms with van der Waals surface area (Å²) < 4.78 is 58.9. The molecule has 1 aliphatic carbocycles. The molecule has 2 aromatic heterocycles. The van der Waals surface area contributed by atoms with Crippen molar-refractivity contribution in [1.29, 1.82) is 0 Å². The molecule has 3 atom stereocenters. The van der Waals surface area contributed by atoms with Gasteiger partial charge < -0.3 is 15.0 Å². The number of halogens is 4. The predicted molar refractivity (Wildman–Crippen MR) is 115 cm³/mol. The number of nitrogens with zero attached hydrogens (tertiary/aromatic N) is 6. The lowest BCUT2D eigenvalue weighted by molar-refractivity contribution is -0.143. The van der Waals surface area contributed by atoms with Gasteiger partial charge in [0.1, 0.15) is 30.3 Å². The van der Waals surface area contributed by atoms with Crippen LogP contribution in [0.25, 0.3) is 0 Å². The zero-order valence-electron chi connectivity index (χ0n) is 18.3. The van der Waals surface area contributed by atoms with E-state index in [2.05, 4.69) is 30.3 Å². The molecule has 2 fully saturated rings. The van der Waals surface area contributed by atoms with Crippen molar-refractivity contribution in [2.24, 2.45) is 11.8 Å². The number of anilines is 2. The van der Waals surface area contributed by atoms with E-state index in [1.54, 1.807) is 6.33 Å². The highest BCUT2D eigenvalue weighted by Crippen LogP contribution is 2.40. The number of fused-ring (bicyclic) bond motifs is 2. The molecule has 1 aromatic carbocycles. The van der Waals surface area contributed by atoms with Crippen LogP contribution in [0, 0.1) is 24.6 Å². The summed E-state index contributed by atoms with van der Waals surface area (Å²) in [6, 6.07) is 6.74. The van der Waals surface area contributed by atoms with Crippen molar-refractivity contribution >= 4 is 11.8 Å². The van der Waals surface area contributed by atoms with Gasteiger partial charge >= 0.3 is 12.2 Å². The number of benzene rings is 1. The van der Waals surface area contributed by atoms with Gasteiger partial charge in [0.05, 0.1) is 0 Å². The van der Waals surface area contributed by atoms with Crippen molar-refractivity contribution in [2.75, 3.05) is 23.3 Å². The van der Waals surface area contributed by atoms with Crippen LogP contribution < -0.4 is 15.0 Å². The Morgan fingerprint density at radius 1 is 1.12 bits per heavy atom. The van der Waals surface area contributed by atoms with E-state index in [4.69, 9.17) is 4.74 Å². The molecule has 1 saturated carbocycles. The standard InChI is InChI=1S/C22H23F4N7O/c1-13-7-18(28-12-27-13)32-9-14-5-6-15(10-32)19(14)29-20-30-21(33(31-20)11-22(24,25)26)34-17-4-2-3-16(23)8-17/h2-4,7-8,12,14-15,19H,5-6,9-11H2,1H3,(H,29,31)/t14-,15+,19+. The predicted octanol–water partition coefficient (Wildman–Crippen LogP) is 4.20. The van der Waals surface area contributed by atoms with Gasteiger partial charge in [-0.05, 0) is 43.7 Å². The number of nitrogens with one attached hydrogen (secondary N) is 1. The maximum atomic E-state index is 13.5. The lowest BCUT2D eigenvalue weighted by atomic mass is 9.92. The molecule has 8 nitrogen and oxygen atoms in total. The maximum Gasteiger partial charge on any atom is 0.408 e. The molecule has 180 valence electrons. The van der Waals surface area contributed by atoms with Crippen LogP contribution in [-0.2, 0) is 6.54 Å². The second kappa shape index (κ2) is 8.73. The Bertz CT molecular complexity index is 1150. The summed E-state index contributed by atoms with van der Waals surface area (Å²) >= 11 is 0. The summed E-state index contributed by atoms with van der Waals surface area (Å²) in [7, 11) is 0. The van der Waals surface area contributed by atoms with Gasteiger partial charge in [0.25, 0.3) is 0 Å². The largest absolute Gasteiger partial charge is 0.424 e. The lowest BCUT2D eigenvalue weighted by Crippen LogP contribution is -2.48. The Morgan fingerprint density at radius 2 is 1.88 bits per heavy atom. The van der Waals surface area contributed by atoms with Crippen LogP contribution in [-0.4, -0.2) is 50.0 Å². The fourth-order valence-corrected chi connectivity index (χ4v) is 4.78. The monoisotopic (exact) mass is 477 g/mol. The summed E-state index contributed by atoms with van der Waals surface area (Å²) in [5.41, 5.74) is 0.892. The first kappa shape index (κ1) is 22.4. The highest BCUT2D eigenvalue weighted by atomic mass is 19.4. The van der Waals surface area contributed by atoms with Crippen molar-refractivity contribution in [1.82, 2.24) is 24.7 Å². The van der Waals surface area contributed by atoms with E-state index < -0.39 is 18.5 Å². The molecule has 1 aliphatic heterocycles. The van der Waals surface area contributed by atoms with Crippen molar-refractivity contribution in [3.8, 4) is 11.8 Å². The average molecular weight is 477 g/mol. The van der Waals surface area contributed by atoms with Crippen LogP contribution >= 0.6 is 0 Å². The fourth-order valence-electron chi connectivity index (χ4n) is 4.78. The second-order valence-corrected chi connectivity index (χ2v) is 8.74. The fraction of sp³-hybridized carbons (Fsp3) is 0.455. The Hall–Kier alpha value is -3.44. The van der Waals surface area contributed by atoms with Gasteiger partial charge in [-0.3, -0.25) is 0 Å². The molecule has 2 aliphatic rings. The molecule has 34 heavy (non-hydrogen) atoms. The molecule has 0 radical (unpaired) electrons. The van der Waals surface area contributed by atoms with E-state index >= 15 is 0 Å². The van der Waals surface area contributed by atoms with Crippen molar-refractivity contribution < 1.29 is 22.3 Å². The van der Waals surface area contributed by atoms with Crippen LogP contribution in [0.4, 0.5) is 29.3 Å². The minimum Gasteiger partial charge on any atom is -0.424 e. The number of ether oxygens (including phenoxy) is 1. The smallest absolute Gasteiger partial charge is 0.408 e. The number of aryl methyl sites for hydroxylation is 1. The van der Waals surface area contributed by atoms with Crippen LogP contribution in [0.2, 0.25) is 0 Å². The SMILES string of the molecule is Cc1cc(N2C[C@H]3CC[C@@H](C2)[C@H]3Nc2nc(Oc3cccc(F)c3)n(CC(F)(F)F)n2)ncn1. The molecule has 1 N–H and O–H groups in total. The van der Waals surface area contributed by atoms with Crippen LogP contribution in [0.1, 0.15) is 18.5 Å². The number of hydrogen-bond donors (Lipinski definition) is 1. The van der Waals surface area contributed by atoms with Gasteiger partial charge in [-0.25, -0.2) is 19.0 Å². The normalized spacial score (nSPS) is 22.1. The topological polar surface area (TPSA) is 81.0 Å². The molecule has 3 aromatic rings. The highest BCUT2D eigenvalue weighted by Gasteiger charge is 2.43. The number of rotatable bonds is 6. The van der Waals surface area contributed by atoms with Gasteiger partial charge in [-0.2, -0.15) is 18.2 Å². The minimum atomic E-state index is -4.52. The molecule has 0 unspecified atom stereocenters. The third-order valence-electron chi connectivity index (χ3n) is 6.21. The summed E-state index contributed by atoms with van der Waals surface area (Å²) in [5, 5.41) is 7.26. The number of alkyl halides is 3. The van der Waals surface area contributed by atoms with E-state index in [1.807, 2.05) is 13.0 Å². The van der Waals surface area contributed by atoms with E-state index in [0.29, 0.717) is 4.68 Å². The Labute approximate surface area is 193 Å². The van der Waals surface area contributed by atoms with Crippen molar-refractivity contribution in [3.05, 3.63) is 48.2 Å². The molecular formula is C22H23F4N7O. The highest BCUT2D eigenvalue weighted by molar-refractivity contribution is 5.42. The third-order valence-corrected chi connectivity index (χ3v) is 6.21. The Kier molecular flexibility index (Phi) is 5.74. The van der Waals surface area contributed by atoms with Gasteiger partial charge in [-0.15, -0.1) is 5.10 Å². The first-order valence-corrected chi connectivity index (χ1v) is 11.0. The van der Waals surface area contributed by atoms with E-state index in [0.717, 1.165) is 43.5 Å². The lowest BCUT2D eigenvalue weighted by Gasteiger charge is -2.38. The molecule has 3 heterocycles. The second-order valence-electron chi connectivity index (χ2n) is 8.74. The Balaban J connectivity index is 1.34. The Morgan fingerprint density at radius 3 is 2.56 bits per heavy atom. The zero-order valence-corrected chi connectivity index (χ0v) is 18.3. The summed E-state index contributed by atoms with van der Waals surface area (Å²) in [4.78, 5) is 14.9. The summed E-state index contributed by atoms with van der Waals surface area (Å²) in [6.45, 7) is 2.08. The molecule has 0 spiro atoms. The first-order valence-electron chi connectivity index (χ1n) is 11.0. The quantitative estimate of drug-likeness (QED) is 0.533. The first-order chi connectivity index (χ1) is 16.2. The molecule has 12 heteroatoms.